The van der Waals surface area contributed by atoms with E-state index in [1.807, 2.05) is 0 Å². The van der Waals surface area contributed by atoms with Crippen molar-refractivity contribution in [1.29, 1.82) is 0 Å². The van der Waals surface area contributed by atoms with Gasteiger partial charge in [0, 0.05) is 19.0 Å². The molecule has 7 nitrogen and oxygen atoms in total. The number of aromatic amines is 1. The molecule has 1 aromatic heterocycles. The highest BCUT2D eigenvalue weighted by Gasteiger charge is 2.29. The number of phenols is 1. The number of benzene rings is 1. The second-order valence-corrected chi connectivity index (χ2v) is 5.33. The normalized spacial score (nSPS) is 18.7. The molecule has 2 N–H and O–H groups in total. The van der Waals surface area contributed by atoms with Crippen LogP contribution in [0.25, 0.3) is 0 Å². The number of aromatic nitrogens is 4. The maximum absolute atomic E-state index is 12.6. The summed E-state index contributed by atoms with van der Waals surface area (Å²) in [6.07, 6.45) is 1.82. The topological polar surface area (TPSA) is 95.0 Å². The summed E-state index contributed by atoms with van der Waals surface area (Å²) in [7, 11) is 0. The van der Waals surface area contributed by atoms with Crippen LogP contribution in [0.4, 0.5) is 0 Å². The molecule has 0 unspecified atom stereocenters. The molecule has 1 atom stereocenters. The first-order chi connectivity index (χ1) is 10.2. The summed E-state index contributed by atoms with van der Waals surface area (Å²) in [5, 5.41) is 24.1. The maximum atomic E-state index is 12.6. The van der Waals surface area contributed by atoms with Crippen LogP contribution < -0.4 is 0 Å². The van der Waals surface area contributed by atoms with Gasteiger partial charge in [0.05, 0.1) is 5.56 Å². The molecule has 0 saturated carbocycles. The molecule has 21 heavy (non-hydrogen) atoms. The van der Waals surface area contributed by atoms with Crippen molar-refractivity contribution in [2.75, 3.05) is 13.1 Å². The lowest BCUT2D eigenvalue weighted by molar-refractivity contribution is 0.0701. The van der Waals surface area contributed by atoms with Crippen LogP contribution in [0.1, 0.15) is 40.5 Å². The van der Waals surface area contributed by atoms with Gasteiger partial charge in [-0.1, -0.05) is 17.3 Å². The van der Waals surface area contributed by atoms with Gasteiger partial charge in [-0.05, 0) is 31.4 Å². The van der Waals surface area contributed by atoms with Crippen molar-refractivity contribution in [1.82, 2.24) is 25.5 Å². The number of aromatic hydroxyl groups is 1. The second-order valence-electron chi connectivity index (χ2n) is 5.33. The van der Waals surface area contributed by atoms with Crippen molar-refractivity contribution >= 4 is 5.91 Å². The number of nitrogens with zero attached hydrogens (tertiary/aromatic N) is 4. The summed E-state index contributed by atoms with van der Waals surface area (Å²) >= 11 is 0. The van der Waals surface area contributed by atoms with E-state index < -0.39 is 0 Å². The lowest BCUT2D eigenvalue weighted by Gasteiger charge is -2.31. The zero-order valence-electron chi connectivity index (χ0n) is 11.8. The minimum atomic E-state index is -0.149. The van der Waals surface area contributed by atoms with Gasteiger partial charge >= 0.3 is 0 Å². The average Bonchev–Trinajstić information content (AvgIpc) is 3.04. The number of para-hydroxylation sites is 1. The van der Waals surface area contributed by atoms with Gasteiger partial charge in [-0.25, -0.2) is 0 Å². The van der Waals surface area contributed by atoms with Crippen LogP contribution in [-0.2, 0) is 0 Å². The first-order valence-electron chi connectivity index (χ1n) is 6.98. The van der Waals surface area contributed by atoms with Crippen molar-refractivity contribution in [3.63, 3.8) is 0 Å². The standard InChI is InChI=1S/C14H17N5O2/c1-9-4-2-6-11(12(9)20)14(21)19-7-3-5-10(8-19)13-15-17-18-16-13/h2,4,6,10,20H,3,5,7-8H2,1H3,(H,15,16,17,18)/t10-/m1/s1. The second kappa shape index (κ2) is 5.51. The molecule has 2 heterocycles. The van der Waals surface area contributed by atoms with E-state index in [1.165, 1.54) is 0 Å². The van der Waals surface area contributed by atoms with Crippen LogP contribution in [0.5, 0.6) is 5.75 Å². The summed E-state index contributed by atoms with van der Waals surface area (Å²) in [4.78, 5) is 14.3. The molecule has 0 radical (unpaired) electrons. The number of hydrogen-bond acceptors (Lipinski definition) is 5. The Hall–Kier alpha value is -2.44. The van der Waals surface area contributed by atoms with Crippen LogP contribution in [0.15, 0.2) is 18.2 Å². The Balaban J connectivity index is 1.80. The molecule has 0 bridgehead atoms. The zero-order chi connectivity index (χ0) is 14.8. The Morgan fingerprint density at radius 2 is 2.33 bits per heavy atom. The zero-order valence-corrected chi connectivity index (χ0v) is 11.8. The van der Waals surface area contributed by atoms with Crippen molar-refractivity contribution in [3.8, 4) is 5.75 Å². The fourth-order valence-electron chi connectivity index (χ4n) is 2.72. The lowest BCUT2D eigenvalue weighted by atomic mass is 9.96. The Labute approximate surface area is 122 Å². The molecule has 1 aromatic carbocycles. The van der Waals surface area contributed by atoms with Crippen LogP contribution >= 0.6 is 0 Å². The molecule has 110 valence electrons. The highest BCUT2D eigenvalue weighted by molar-refractivity contribution is 5.97. The van der Waals surface area contributed by atoms with Crippen LogP contribution in [0.2, 0.25) is 0 Å². The molecule has 1 fully saturated rings. The summed E-state index contributed by atoms with van der Waals surface area (Å²) < 4.78 is 0. The van der Waals surface area contributed by atoms with E-state index in [4.69, 9.17) is 0 Å². The number of nitrogens with one attached hydrogen (secondary N) is 1. The highest BCUT2D eigenvalue weighted by Crippen LogP contribution is 2.28. The largest absolute Gasteiger partial charge is 0.507 e. The Morgan fingerprint density at radius 3 is 3.10 bits per heavy atom. The summed E-state index contributed by atoms with van der Waals surface area (Å²) in [6.45, 7) is 3.01. The number of rotatable bonds is 2. The number of likely N-dealkylation sites (tertiary alicyclic amines) is 1. The first kappa shape index (κ1) is 13.5. The molecule has 3 rings (SSSR count). The third-order valence-corrected chi connectivity index (χ3v) is 3.90. The number of tetrazole rings is 1. The monoisotopic (exact) mass is 287 g/mol. The Morgan fingerprint density at radius 1 is 1.48 bits per heavy atom. The fraction of sp³-hybridized carbons (Fsp3) is 0.429. The van der Waals surface area contributed by atoms with Gasteiger partial charge in [-0.3, -0.25) is 4.79 Å². The smallest absolute Gasteiger partial charge is 0.257 e. The van der Waals surface area contributed by atoms with Gasteiger partial charge in [0.2, 0.25) is 0 Å². The molecular weight excluding hydrogens is 270 g/mol. The summed E-state index contributed by atoms with van der Waals surface area (Å²) in [6, 6.07) is 5.22. The number of H-pyrrole nitrogens is 1. The number of amides is 1. The van der Waals surface area contributed by atoms with Gasteiger partial charge in [0.1, 0.15) is 5.75 Å². The highest BCUT2D eigenvalue weighted by atomic mass is 16.3. The molecular formula is C14H17N5O2. The molecule has 0 spiro atoms. The minimum absolute atomic E-state index is 0.0594. The van der Waals surface area contributed by atoms with E-state index >= 15 is 0 Å². The quantitative estimate of drug-likeness (QED) is 0.866. The molecule has 7 heteroatoms. The molecule has 0 aliphatic carbocycles. The Kier molecular flexibility index (Phi) is 3.55. The van der Waals surface area contributed by atoms with Crippen molar-refractivity contribution in [3.05, 3.63) is 35.2 Å². The van der Waals surface area contributed by atoms with Crippen LogP contribution in [0, 0.1) is 6.92 Å². The van der Waals surface area contributed by atoms with E-state index in [9.17, 15) is 9.90 Å². The van der Waals surface area contributed by atoms with Crippen LogP contribution in [-0.4, -0.2) is 49.6 Å². The Bertz CT molecular complexity index is 641. The predicted molar refractivity (Wildman–Crippen MR) is 74.9 cm³/mol. The van der Waals surface area contributed by atoms with Crippen molar-refractivity contribution in [2.45, 2.75) is 25.7 Å². The molecule has 1 aliphatic rings. The third-order valence-electron chi connectivity index (χ3n) is 3.90. The minimum Gasteiger partial charge on any atom is -0.507 e. The van der Waals surface area contributed by atoms with E-state index in [2.05, 4.69) is 20.6 Å². The first-order valence-corrected chi connectivity index (χ1v) is 6.98. The van der Waals surface area contributed by atoms with Gasteiger partial charge in [-0.15, -0.1) is 10.2 Å². The lowest BCUT2D eigenvalue weighted by Crippen LogP contribution is -2.39. The van der Waals surface area contributed by atoms with Gasteiger partial charge in [-0.2, -0.15) is 5.21 Å². The maximum Gasteiger partial charge on any atom is 0.257 e. The number of piperidine rings is 1. The van der Waals surface area contributed by atoms with Gasteiger partial charge in [0.25, 0.3) is 5.91 Å². The molecule has 1 amide bonds. The van der Waals surface area contributed by atoms with Crippen LogP contribution in [0.3, 0.4) is 0 Å². The van der Waals surface area contributed by atoms with Gasteiger partial charge in [0.15, 0.2) is 5.82 Å². The van der Waals surface area contributed by atoms with E-state index in [0.29, 0.717) is 30.0 Å². The third kappa shape index (κ3) is 2.58. The van der Waals surface area contributed by atoms with E-state index in [1.54, 1.807) is 30.0 Å². The predicted octanol–water partition coefficient (Wildman–Crippen LogP) is 1.23. The molecule has 1 saturated heterocycles. The number of carbonyl (C=O) groups is 1. The van der Waals surface area contributed by atoms with Crippen molar-refractivity contribution < 1.29 is 9.90 Å². The summed E-state index contributed by atoms with van der Waals surface area (Å²) in [5.74, 6) is 0.642. The number of aryl methyl sites for hydroxylation is 1. The number of carbonyl (C=O) groups excluding carboxylic acids is 1. The average molecular weight is 287 g/mol. The van der Waals surface area contributed by atoms with E-state index in [0.717, 1.165) is 12.8 Å². The number of phenolic OH excluding ortho intramolecular Hbond substituents is 1. The number of hydrogen-bond donors (Lipinski definition) is 2. The fourth-order valence-corrected chi connectivity index (χ4v) is 2.72. The summed E-state index contributed by atoms with van der Waals surface area (Å²) in [5.41, 5.74) is 1.05. The van der Waals surface area contributed by atoms with E-state index in [-0.39, 0.29) is 17.6 Å². The van der Waals surface area contributed by atoms with Gasteiger partial charge < -0.3 is 10.0 Å². The molecule has 2 aromatic rings. The van der Waals surface area contributed by atoms with Crippen molar-refractivity contribution in [2.24, 2.45) is 0 Å². The molecule has 1 aliphatic heterocycles. The SMILES string of the molecule is Cc1cccc(C(=O)N2CCC[C@@H](c3nn[nH]n3)C2)c1O.